The minimum atomic E-state index is -2.63. The van der Waals surface area contributed by atoms with E-state index in [9.17, 15) is 8.78 Å². The third kappa shape index (κ3) is 2.58. The van der Waals surface area contributed by atoms with Crippen LogP contribution in [0.2, 0.25) is 0 Å². The minimum Gasteiger partial charge on any atom is -0.318 e. The summed E-state index contributed by atoms with van der Waals surface area (Å²) in [4.78, 5) is 0. The van der Waals surface area contributed by atoms with E-state index in [1.165, 1.54) is 0 Å². The lowest BCUT2D eigenvalue weighted by atomic mass is 10.2. The first kappa shape index (κ1) is 10.6. The van der Waals surface area contributed by atoms with E-state index < -0.39 is 6.61 Å². The highest BCUT2D eigenvalue weighted by atomic mass is 32.2. The molecule has 0 aromatic carbocycles. The van der Waals surface area contributed by atoms with E-state index in [4.69, 9.17) is 0 Å². The van der Waals surface area contributed by atoms with Gasteiger partial charge in [-0.2, -0.15) is 20.5 Å². The summed E-state index contributed by atoms with van der Waals surface area (Å²) in [6.45, 7) is -2.63. The predicted octanol–water partition coefficient (Wildman–Crippen LogP) is 1.85. The molecule has 0 radical (unpaired) electrons. The maximum absolute atomic E-state index is 12.0. The molecule has 5 heteroatoms. The molecule has 1 heterocycles. The summed E-state index contributed by atoms with van der Waals surface area (Å²) in [5.41, 5.74) is 0. The summed E-state index contributed by atoms with van der Waals surface area (Å²) < 4.78 is 28.7. The van der Waals surface area contributed by atoms with Crippen molar-refractivity contribution in [2.75, 3.05) is 11.5 Å². The molecule has 82 valence electrons. The van der Waals surface area contributed by atoms with Crippen molar-refractivity contribution in [2.45, 2.75) is 44.1 Å². The monoisotopic (exact) mass is 223 g/mol. The van der Waals surface area contributed by atoms with Crippen LogP contribution in [0, 0.1) is 0 Å². The van der Waals surface area contributed by atoms with Crippen molar-refractivity contribution in [2.24, 2.45) is 0 Å². The Morgan fingerprint density at radius 1 is 1.29 bits per heavy atom. The number of thioether (sulfide) groups is 1. The van der Waals surface area contributed by atoms with Crippen molar-refractivity contribution in [3.05, 3.63) is 0 Å². The Bertz CT molecular complexity index is 190. The van der Waals surface area contributed by atoms with Gasteiger partial charge in [0.25, 0.3) is 0 Å². The van der Waals surface area contributed by atoms with Crippen molar-refractivity contribution in [3.63, 3.8) is 0 Å². The SMILES string of the molecule is FC(F)O[C@@H]1CCC[C@H]1NC1CSC1. The Morgan fingerprint density at radius 2 is 2.07 bits per heavy atom. The zero-order chi connectivity index (χ0) is 9.97. The number of alkyl halides is 2. The number of hydrogen-bond donors (Lipinski definition) is 1. The standard InChI is InChI=1S/C9H15F2NOS/c10-9(11)13-8-3-1-2-7(8)12-6-4-14-5-6/h6-9,12H,1-5H2/t7-,8-/m1/s1. The lowest BCUT2D eigenvalue weighted by molar-refractivity contribution is -0.166. The van der Waals surface area contributed by atoms with Gasteiger partial charge in [-0.1, -0.05) is 0 Å². The van der Waals surface area contributed by atoms with E-state index >= 15 is 0 Å². The topological polar surface area (TPSA) is 21.3 Å². The van der Waals surface area contributed by atoms with Gasteiger partial charge in [0.15, 0.2) is 0 Å². The van der Waals surface area contributed by atoms with Gasteiger partial charge in [0, 0.05) is 23.6 Å². The van der Waals surface area contributed by atoms with Gasteiger partial charge in [-0.25, -0.2) is 0 Å². The molecule has 0 aromatic rings. The highest BCUT2D eigenvalue weighted by molar-refractivity contribution is 8.00. The second kappa shape index (κ2) is 4.77. The molecule has 1 saturated heterocycles. The highest BCUT2D eigenvalue weighted by Crippen LogP contribution is 2.26. The molecule has 2 rings (SSSR count). The number of hydrogen-bond acceptors (Lipinski definition) is 3. The molecule has 0 spiro atoms. The van der Waals surface area contributed by atoms with Crippen LogP contribution < -0.4 is 5.32 Å². The Hall–Kier alpha value is 0.130. The first-order valence-electron chi connectivity index (χ1n) is 5.03. The van der Waals surface area contributed by atoms with Gasteiger partial charge in [-0.3, -0.25) is 0 Å². The van der Waals surface area contributed by atoms with Crippen LogP contribution in [-0.2, 0) is 4.74 Å². The second-order valence-electron chi connectivity index (χ2n) is 3.87. The number of ether oxygens (including phenoxy) is 1. The predicted molar refractivity (Wildman–Crippen MR) is 52.8 cm³/mol. The van der Waals surface area contributed by atoms with E-state index in [-0.39, 0.29) is 12.1 Å². The van der Waals surface area contributed by atoms with Gasteiger partial charge >= 0.3 is 6.61 Å². The maximum Gasteiger partial charge on any atom is 0.345 e. The van der Waals surface area contributed by atoms with Crippen LogP contribution >= 0.6 is 11.8 Å². The highest BCUT2D eigenvalue weighted by Gasteiger charge is 2.33. The summed E-state index contributed by atoms with van der Waals surface area (Å²) in [5, 5.41) is 3.39. The summed E-state index contributed by atoms with van der Waals surface area (Å²) in [6, 6.07) is 0.668. The molecule has 0 aromatic heterocycles. The Morgan fingerprint density at radius 3 is 2.64 bits per heavy atom. The first-order chi connectivity index (χ1) is 6.75. The molecule has 1 aliphatic carbocycles. The molecule has 14 heavy (non-hydrogen) atoms. The number of nitrogens with one attached hydrogen (secondary N) is 1. The van der Waals surface area contributed by atoms with E-state index in [0.29, 0.717) is 6.04 Å². The van der Waals surface area contributed by atoms with E-state index in [1.54, 1.807) is 0 Å². The van der Waals surface area contributed by atoms with Crippen LogP contribution in [-0.4, -0.2) is 36.3 Å². The molecular weight excluding hydrogens is 208 g/mol. The first-order valence-corrected chi connectivity index (χ1v) is 6.18. The molecule has 1 aliphatic heterocycles. The fourth-order valence-corrected chi connectivity index (χ4v) is 2.71. The molecular formula is C9H15F2NOS. The molecule has 1 saturated carbocycles. The zero-order valence-corrected chi connectivity index (χ0v) is 8.73. The Kier molecular flexibility index (Phi) is 3.62. The number of rotatable bonds is 4. The molecule has 0 unspecified atom stereocenters. The van der Waals surface area contributed by atoms with Gasteiger partial charge in [-0.05, 0) is 19.3 Å². The molecule has 2 nitrogen and oxygen atoms in total. The third-order valence-electron chi connectivity index (χ3n) is 2.82. The zero-order valence-electron chi connectivity index (χ0n) is 7.92. The molecule has 2 aliphatic rings. The summed E-state index contributed by atoms with van der Waals surface area (Å²) in [5.74, 6) is 2.22. The fraction of sp³-hybridized carbons (Fsp3) is 1.00. The van der Waals surface area contributed by atoms with E-state index in [2.05, 4.69) is 10.1 Å². The van der Waals surface area contributed by atoms with Crippen molar-refractivity contribution >= 4 is 11.8 Å². The van der Waals surface area contributed by atoms with Gasteiger partial charge < -0.3 is 10.1 Å². The second-order valence-corrected chi connectivity index (χ2v) is 4.95. The van der Waals surface area contributed by atoms with Crippen LogP contribution in [0.25, 0.3) is 0 Å². The van der Waals surface area contributed by atoms with Gasteiger partial charge in [0.05, 0.1) is 6.10 Å². The van der Waals surface area contributed by atoms with Crippen LogP contribution in [0.3, 0.4) is 0 Å². The van der Waals surface area contributed by atoms with Crippen LogP contribution in [0.15, 0.2) is 0 Å². The fourth-order valence-electron chi connectivity index (χ4n) is 2.05. The third-order valence-corrected chi connectivity index (χ3v) is 4.09. The minimum absolute atomic E-state index is 0.148. The molecule has 2 atom stereocenters. The normalized spacial score (nSPS) is 33.6. The molecule has 0 bridgehead atoms. The lowest BCUT2D eigenvalue weighted by Crippen LogP contribution is -2.49. The van der Waals surface area contributed by atoms with Crippen LogP contribution in [0.1, 0.15) is 19.3 Å². The quantitative estimate of drug-likeness (QED) is 0.786. The van der Waals surface area contributed by atoms with Crippen LogP contribution in [0.4, 0.5) is 8.78 Å². The van der Waals surface area contributed by atoms with Crippen molar-refractivity contribution in [1.82, 2.24) is 5.32 Å². The number of halogens is 2. The van der Waals surface area contributed by atoms with Gasteiger partial charge in [0.1, 0.15) is 0 Å². The summed E-state index contributed by atoms with van der Waals surface area (Å²) in [6.07, 6.45) is 2.45. The van der Waals surface area contributed by atoms with E-state index in [0.717, 1.165) is 30.8 Å². The van der Waals surface area contributed by atoms with Gasteiger partial charge in [0.2, 0.25) is 0 Å². The maximum atomic E-state index is 12.0. The van der Waals surface area contributed by atoms with E-state index in [1.807, 2.05) is 11.8 Å². The van der Waals surface area contributed by atoms with Crippen molar-refractivity contribution in [1.29, 1.82) is 0 Å². The van der Waals surface area contributed by atoms with Crippen molar-refractivity contribution in [3.8, 4) is 0 Å². The molecule has 2 fully saturated rings. The molecule has 1 N–H and O–H groups in total. The summed E-state index contributed by atoms with van der Waals surface area (Å²) >= 11 is 1.89. The summed E-state index contributed by atoms with van der Waals surface area (Å²) in [7, 11) is 0. The van der Waals surface area contributed by atoms with Crippen molar-refractivity contribution < 1.29 is 13.5 Å². The Labute approximate surface area is 86.8 Å². The van der Waals surface area contributed by atoms with Gasteiger partial charge in [-0.15, -0.1) is 0 Å². The van der Waals surface area contributed by atoms with Crippen LogP contribution in [0.5, 0.6) is 0 Å². The lowest BCUT2D eigenvalue weighted by Gasteiger charge is -2.31. The average Bonchev–Trinajstić information content (AvgIpc) is 2.44. The molecule has 0 amide bonds. The largest absolute Gasteiger partial charge is 0.345 e. The Balaban J connectivity index is 1.77. The smallest absolute Gasteiger partial charge is 0.318 e. The average molecular weight is 223 g/mol.